The van der Waals surface area contributed by atoms with E-state index in [4.69, 9.17) is 15.3 Å². The highest BCUT2D eigenvalue weighted by Gasteiger charge is 2.29. The summed E-state index contributed by atoms with van der Waals surface area (Å²) in [5, 5.41) is 17.8. The van der Waals surface area contributed by atoms with Crippen LogP contribution in [0.25, 0.3) is 0 Å². The third kappa shape index (κ3) is 2.21. The van der Waals surface area contributed by atoms with Gasteiger partial charge in [-0.3, -0.25) is 0 Å². The van der Waals surface area contributed by atoms with Crippen molar-refractivity contribution in [3.05, 3.63) is 29.6 Å². The molecule has 4 heteroatoms. The lowest BCUT2D eigenvalue weighted by molar-refractivity contribution is 0.181. The van der Waals surface area contributed by atoms with E-state index in [1.807, 2.05) is 0 Å². The molecule has 17 heavy (non-hydrogen) atoms. The topological polar surface area (TPSA) is 56.8 Å². The molecule has 1 saturated carbocycles. The molecule has 1 aromatic carbocycles. The second-order valence-electron chi connectivity index (χ2n) is 4.05. The van der Waals surface area contributed by atoms with Crippen LogP contribution in [0, 0.1) is 34.4 Å². The Morgan fingerprint density at radius 1 is 1.29 bits per heavy atom. The smallest absolute Gasteiger partial charge is 0.144 e. The van der Waals surface area contributed by atoms with E-state index in [9.17, 15) is 4.39 Å². The van der Waals surface area contributed by atoms with Gasteiger partial charge in [0.2, 0.25) is 0 Å². The van der Waals surface area contributed by atoms with Crippen molar-refractivity contribution in [3.63, 3.8) is 0 Å². The highest BCUT2D eigenvalue weighted by atomic mass is 19.1. The van der Waals surface area contributed by atoms with Crippen LogP contribution in [-0.2, 0) is 0 Å². The van der Waals surface area contributed by atoms with Gasteiger partial charge in [-0.05, 0) is 31.4 Å². The molecule has 1 aromatic rings. The Kier molecular flexibility index (Phi) is 3.25. The molecule has 2 unspecified atom stereocenters. The summed E-state index contributed by atoms with van der Waals surface area (Å²) < 4.78 is 18.9. The van der Waals surface area contributed by atoms with E-state index < -0.39 is 5.82 Å². The molecule has 0 aliphatic heterocycles. The lowest BCUT2D eigenvalue weighted by Gasteiger charge is -2.17. The van der Waals surface area contributed by atoms with Crippen LogP contribution in [-0.4, -0.2) is 6.10 Å². The normalized spacial score (nSPS) is 22.8. The summed E-state index contributed by atoms with van der Waals surface area (Å²) >= 11 is 0. The van der Waals surface area contributed by atoms with Crippen molar-refractivity contribution in [3.8, 4) is 17.9 Å². The van der Waals surface area contributed by atoms with Crippen LogP contribution in [0.3, 0.4) is 0 Å². The molecule has 2 atom stereocenters. The van der Waals surface area contributed by atoms with Gasteiger partial charge in [-0.1, -0.05) is 6.07 Å². The Morgan fingerprint density at radius 2 is 2.12 bits per heavy atom. The number of rotatable bonds is 2. The number of benzene rings is 1. The molecule has 0 amide bonds. The highest BCUT2D eigenvalue weighted by Crippen LogP contribution is 2.31. The quantitative estimate of drug-likeness (QED) is 0.784. The lowest BCUT2D eigenvalue weighted by atomic mass is 10.1. The first-order valence-corrected chi connectivity index (χ1v) is 5.51. The van der Waals surface area contributed by atoms with E-state index in [1.54, 1.807) is 12.1 Å². The van der Waals surface area contributed by atoms with Crippen molar-refractivity contribution in [1.82, 2.24) is 0 Å². The SMILES string of the molecule is N#Cc1c(F)cccc1OC1CCCC1C#N. The maximum absolute atomic E-state index is 13.3. The summed E-state index contributed by atoms with van der Waals surface area (Å²) in [6.45, 7) is 0. The monoisotopic (exact) mass is 230 g/mol. The van der Waals surface area contributed by atoms with Crippen molar-refractivity contribution in [2.45, 2.75) is 25.4 Å². The molecule has 0 spiro atoms. The second-order valence-corrected chi connectivity index (χ2v) is 4.05. The predicted molar refractivity (Wildman–Crippen MR) is 58.5 cm³/mol. The van der Waals surface area contributed by atoms with Crippen molar-refractivity contribution >= 4 is 0 Å². The van der Waals surface area contributed by atoms with E-state index >= 15 is 0 Å². The van der Waals surface area contributed by atoms with Crippen LogP contribution >= 0.6 is 0 Å². The third-order valence-corrected chi connectivity index (χ3v) is 2.98. The van der Waals surface area contributed by atoms with Crippen LogP contribution in [0.1, 0.15) is 24.8 Å². The first-order chi connectivity index (χ1) is 8.26. The summed E-state index contributed by atoms with van der Waals surface area (Å²) in [6.07, 6.45) is 2.28. The zero-order valence-electron chi connectivity index (χ0n) is 9.19. The van der Waals surface area contributed by atoms with Gasteiger partial charge in [0.05, 0.1) is 12.0 Å². The standard InChI is InChI=1S/C13H11FN2O/c14-11-4-2-6-13(10(11)8-16)17-12-5-1-3-9(12)7-15/h2,4,6,9,12H,1,3,5H2. The summed E-state index contributed by atoms with van der Waals surface area (Å²) in [4.78, 5) is 0. The minimum Gasteiger partial charge on any atom is -0.488 e. The average molecular weight is 230 g/mol. The van der Waals surface area contributed by atoms with Gasteiger partial charge >= 0.3 is 0 Å². The van der Waals surface area contributed by atoms with E-state index in [-0.39, 0.29) is 23.3 Å². The van der Waals surface area contributed by atoms with Crippen LogP contribution in [0.4, 0.5) is 4.39 Å². The molecule has 0 aromatic heterocycles. The Balaban J connectivity index is 2.23. The minimum absolute atomic E-state index is 0.0870. The molecule has 86 valence electrons. The van der Waals surface area contributed by atoms with Crippen molar-refractivity contribution in [2.75, 3.05) is 0 Å². The fraction of sp³-hybridized carbons (Fsp3) is 0.385. The number of nitriles is 2. The zero-order chi connectivity index (χ0) is 12.3. The molecule has 0 bridgehead atoms. The number of ether oxygens (including phenoxy) is 1. The number of hydrogen-bond acceptors (Lipinski definition) is 3. The van der Waals surface area contributed by atoms with Crippen LogP contribution in [0.5, 0.6) is 5.75 Å². The first kappa shape index (κ1) is 11.4. The fourth-order valence-corrected chi connectivity index (χ4v) is 2.09. The highest BCUT2D eigenvalue weighted by molar-refractivity contribution is 5.44. The predicted octanol–water partition coefficient (Wildman–Crippen LogP) is 2.77. The minimum atomic E-state index is -0.587. The molecule has 1 aliphatic carbocycles. The van der Waals surface area contributed by atoms with E-state index in [2.05, 4.69) is 6.07 Å². The summed E-state index contributed by atoms with van der Waals surface area (Å²) in [5.74, 6) is -0.513. The first-order valence-electron chi connectivity index (χ1n) is 5.51. The molecule has 1 fully saturated rings. The van der Waals surface area contributed by atoms with Gasteiger partial charge in [-0.15, -0.1) is 0 Å². The average Bonchev–Trinajstić information content (AvgIpc) is 2.77. The van der Waals surface area contributed by atoms with E-state index in [1.165, 1.54) is 12.1 Å². The molecule has 0 heterocycles. The van der Waals surface area contributed by atoms with Gasteiger partial charge in [-0.2, -0.15) is 10.5 Å². The molecule has 2 rings (SSSR count). The Bertz CT molecular complexity index is 501. The molecule has 0 N–H and O–H groups in total. The maximum atomic E-state index is 13.3. The van der Waals surface area contributed by atoms with Crippen LogP contribution in [0.2, 0.25) is 0 Å². The van der Waals surface area contributed by atoms with Crippen molar-refractivity contribution in [1.29, 1.82) is 10.5 Å². The Morgan fingerprint density at radius 3 is 2.82 bits per heavy atom. The van der Waals surface area contributed by atoms with Gasteiger partial charge in [0.25, 0.3) is 0 Å². The van der Waals surface area contributed by atoms with Crippen LogP contribution < -0.4 is 4.74 Å². The molecule has 0 saturated heterocycles. The lowest BCUT2D eigenvalue weighted by Crippen LogP contribution is -2.20. The van der Waals surface area contributed by atoms with Gasteiger partial charge in [0.1, 0.15) is 29.3 Å². The van der Waals surface area contributed by atoms with E-state index in [0.29, 0.717) is 0 Å². The maximum Gasteiger partial charge on any atom is 0.144 e. The van der Waals surface area contributed by atoms with Gasteiger partial charge in [0, 0.05) is 0 Å². The second kappa shape index (κ2) is 4.84. The fourth-order valence-electron chi connectivity index (χ4n) is 2.09. The molecule has 1 aliphatic rings. The summed E-state index contributed by atoms with van der Waals surface area (Å²) in [7, 11) is 0. The Hall–Kier alpha value is -2.07. The number of hydrogen-bond donors (Lipinski definition) is 0. The largest absolute Gasteiger partial charge is 0.488 e. The van der Waals surface area contributed by atoms with Crippen molar-refractivity contribution < 1.29 is 9.13 Å². The molecular formula is C13H11FN2O. The summed E-state index contributed by atoms with van der Waals surface area (Å²) in [6, 6.07) is 8.26. The number of nitrogens with zero attached hydrogens (tertiary/aromatic N) is 2. The number of halogens is 1. The Labute approximate surface area is 99.0 Å². The molecule has 0 radical (unpaired) electrons. The molecular weight excluding hydrogens is 219 g/mol. The van der Waals surface area contributed by atoms with E-state index in [0.717, 1.165) is 19.3 Å². The van der Waals surface area contributed by atoms with Gasteiger partial charge in [-0.25, -0.2) is 4.39 Å². The van der Waals surface area contributed by atoms with Gasteiger partial charge < -0.3 is 4.74 Å². The van der Waals surface area contributed by atoms with Gasteiger partial charge in [0.15, 0.2) is 0 Å². The van der Waals surface area contributed by atoms with Crippen LogP contribution in [0.15, 0.2) is 18.2 Å². The zero-order valence-corrected chi connectivity index (χ0v) is 9.19. The summed E-state index contributed by atoms with van der Waals surface area (Å²) in [5.41, 5.74) is -0.0870. The van der Waals surface area contributed by atoms with Crippen molar-refractivity contribution in [2.24, 2.45) is 5.92 Å². The molecule has 3 nitrogen and oxygen atoms in total. The third-order valence-electron chi connectivity index (χ3n) is 2.98.